The lowest BCUT2D eigenvalue weighted by Gasteiger charge is -2.09. The summed E-state index contributed by atoms with van der Waals surface area (Å²) in [7, 11) is 0. The summed E-state index contributed by atoms with van der Waals surface area (Å²) in [5.41, 5.74) is 6.04. The number of fused-ring (bicyclic) bond motifs is 1. The van der Waals surface area contributed by atoms with Gasteiger partial charge in [-0.05, 0) is 72.0 Å². The van der Waals surface area contributed by atoms with Crippen LogP contribution in [0.5, 0.6) is 0 Å². The van der Waals surface area contributed by atoms with Crippen LogP contribution in [0.3, 0.4) is 0 Å². The summed E-state index contributed by atoms with van der Waals surface area (Å²) in [6, 6.07) is 26.3. The predicted molar refractivity (Wildman–Crippen MR) is 153 cm³/mol. The predicted octanol–water partition coefficient (Wildman–Crippen LogP) is 9.68. The standard InChI is InChI=1S/C35H35F/c1-3-5-7-8-9-11-28-18-21-31(22-19-28)33-25-23-32-26-30(20-24-34(32)35(33)36)17-16-29-14-12-27(13-15-29)10-6-4-2/h4,12-15,18-26H,2-3,5-11H2,1H3. The zero-order chi connectivity index (χ0) is 25.2. The van der Waals surface area contributed by atoms with E-state index in [1.165, 1.54) is 43.2 Å². The fourth-order valence-electron chi connectivity index (χ4n) is 4.54. The van der Waals surface area contributed by atoms with Gasteiger partial charge < -0.3 is 0 Å². The van der Waals surface area contributed by atoms with E-state index < -0.39 is 0 Å². The molecule has 0 bridgehead atoms. The summed E-state index contributed by atoms with van der Waals surface area (Å²) < 4.78 is 15.4. The normalized spacial score (nSPS) is 10.7. The van der Waals surface area contributed by atoms with Crippen LogP contribution >= 0.6 is 0 Å². The molecular formula is C35H35F. The van der Waals surface area contributed by atoms with E-state index in [2.05, 4.69) is 61.7 Å². The summed E-state index contributed by atoms with van der Waals surface area (Å²) in [5.74, 6) is 6.28. The molecule has 0 unspecified atom stereocenters. The van der Waals surface area contributed by atoms with Gasteiger partial charge in [0.25, 0.3) is 0 Å². The largest absolute Gasteiger partial charge is 0.206 e. The van der Waals surface area contributed by atoms with E-state index in [4.69, 9.17) is 0 Å². The highest BCUT2D eigenvalue weighted by Gasteiger charge is 2.10. The van der Waals surface area contributed by atoms with Gasteiger partial charge in [0.2, 0.25) is 0 Å². The molecule has 0 heterocycles. The lowest BCUT2D eigenvalue weighted by molar-refractivity contribution is 0.632. The molecule has 0 aliphatic rings. The molecule has 0 N–H and O–H groups in total. The third-order valence-electron chi connectivity index (χ3n) is 6.73. The van der Waals surface area contributed by atoms with E-state index in [-0.39, 0.29) is 5.82 Å². The van der Waals surface area contributed by atoms with Crippen LogP contribution < -0.4 is 0 Å². The average Bonchev–Trinajstić information content (AvgIpc) is 2.92. The minimum atomic E-state index is -0.172. The molecule has 0 radical (unpaired) electrons. The second-order valence-electron chi connectivity index (χ2n) is 9.50. The minimum absolute atomic E-state index is 0.172. The van der Waals surface area contributed by atoms with Crippen molar-refractivity contribution in [1.82, 2.24) is 0 Å². The van der Waals surface area contributed by atoms with Crippen molar-refractivity contribution >= 4 is 10.8 Å². The van der Waals surface area contributed by atoms with Crippen molar-refractivity contribution in [3.63, 3.8) is 0 Å². The first-order chi connectivity index (χ1) is 17.7. The van der Waals surface area contributed by atoms with Crippen molar-refractivity contribution in [2.75, 3.05) is 0 Å². The van der Waals surface area contributed by atoms with Crippen LogP contribution in [0.2, 0.25) is 0 Å². The average molecular weight is 475 g/mol. The van der Waals surface area contributed by atoms with Crippen molar-refractivity contribution in [1.29, 1.82) is 0 Å². The second kappa shape index (κ2) is 12.9. The van der Waals surface area contributed by atoms with Gasteiger partial charge in [-0.25, -0.2) is 4.39 Å². The van der Waals surface area contributed by atoms with Crippen LogP contribution in [-0.2, 0) is 12.8 Å². The van der Waals surface area contributed by atoms with Crippen LogP contribution in [0.4, 0.5) is 4.39 Å². The Morgan fingerprint density at radius 3 is 2.14 bits per heavy atom. The lowest BCUT2D eigenvalue weighted by Crippen LogP contribution is -1.90. The van der Waals surface area contributed by atoms with Crippen LogP contribution in [0.25, 0.3) is 21.9 Å². The quantitative estimate of drug-likeness (QED) is 0.122. The second-order valence-corrected chi connectivity index (χ2v) is 9.50. The molecule has 1 heteroatoms. The number of aryl methyl sites for hydroxylation is 2. The molecule has 0 nitrogen and oxygen atoms in total. The Hall–Kier alpha value is -3.63. The zero-order valence-electron chi connectivity index (χ0n) is 21.3. The molecule has 0 amide bonds. The first-order valence-electron chi connectivity index (χ1n) is 13.2. The van der Waals surface area contributed by atoms with Gasteiger partial charge in [-0.15, -0.1) is 6.58 Å². The smallest absolute Gasteiger partial charge is 0.138 e. The summed E-state index contributed by atoms with van der Waals surface area (Å²) in [6.45, 7) is 6.02. The van der Waals surface area contributed by atoms with Gasteiger partial charge in [0.05, 0.1) is 0 Å². The Bertz CT molecular complexity index is 1350. The number of benzene rings is 4. The van der Waals surface area contributed by atoms with Crippen molar-refractivity contribution in [2.45, 2.75) is 58.3 Å². The first-order valence-corrected chi connectivity index (χ1v) is 13.2. The summed E-state index contributed by atoms with van der Waals surface area (Å²) in [6.07, 6.45) is 11.4. The fraction of sp³-hybridized carbons (Fsp3) is 0.257. The summed E-state index contributed by atoms with van der Waals surface area (Å²) in [5, 5.41) is 1.50. The maximum absolute atomic E-state index is 15.4. The molecule has 36 heavy (non-hydrogen) atoms. The third kappa shape index (κ3) is 6.73. The van der Waals surface area contributed by atoms with E-state index >= 15 is 4.39 Å². The fourth-order valence-corrected chi connectivity index (χ4v) is 4.54. The molecule has 182 valence electrons. The zero-order valence-corrected chi connectivity index (χ0v) is 21.3. The topological polar surface area (TPSA) is 0 Å². The molecule has 0 fully saturated rings. The Balaban J connectivity index is 1.46. The van der Waals surface area contributed by atoms with E-state index in [1.807, 2.05) is 48.5 Å². The molecule has 4 aromatic rings. The van der Waals surface area contributed by atoms with Crippen molar-refractivity contribution in [3.8, 4) is 23.0 Å². The van der Waals surface area contributed by atoms with E-state index in [1.54, 1.807) is 0 Å². The Morgan fingerprint density at radius 2 is 1.39 bits per heavy atom. The highest BCUT2D eigenvalue weighted by Crippen LogP contribution is 2.30. The Labute approximate surface area is 215 Å². The van der Waals surface area contributed by atoms with Crippen LogP contribution in [0.15, 0.2) is 91.5 Å². The molecule has 4 rings (SSSR count). The number of hydrogen-bond donors (Lipinski definition) is 0. The molecular weight excluding hydrogens is 439 g/mol. The van der Waals surface area contributed by atoms with Crippen molar-refractivity contribution in [2.24, 2.45) is 0 Å². The monoisotopic (exact) mass is 474 g/mol. The molecule has 0 saturated heterocycles. The summed E-state index contributed by atoms with van der Waals surface area (Å²) in [4.78, 5) is 0. The van der Waals surface area contributed by atoms with Gasteiger partial charge in [0.1, 0.15) is 5.82 Å². The lowest BCUT2D eigenvalue weighted by atomic mass is 9.97. The van der Waals surface area contributed by atoms with Gasteiger partial charge in [0, 0.05) is 22.1 Å². The van der Waals surface area contributed by atoms with E-state index in [0.717, 1.165) is 41.3 Å². The molecule has 0 spiro atoms. The molecule has 0 aliphatic carbocycles. The van der Waals surface area contributed by atoms with Crippen molar-refractivity contribution < 1.29 is 4.39 Å². The maximum atomic E-state index is 15.4. The molecule has 0 atom stereocenters. The Kier molecular flexibility index (Phi) is 9.12. The molecule has 0 aromatic heterocycles. The highest BCUT2D eigenvalue weighted by molar-refractivity contribution is 5.89. The Morgan fingerprint density at radius 1 is 0.722 bits per heavy atom. The number of allylic oxidation sites excluding steroid dienone is 1. The maximum Gasteiger partial charge on any atom is 0.138 e. The van der Waals surface area contributed by atoms with Gasteiger partial charge in [0.15, 0.2) is 0 Å². The van der Waals surface area contributed by atoms with Crippen LogP contribution in [0.1, 0.15) is 67.7 Å². The van der Waals surface area contributed by atoms with Gasteiger partial charge in [-0.1, -0.05) is 105 Å². The minimum Gasteiger partial charge on any atom is -0.206 e. The molecule has 0 saturated carbocycles. The third-order valence-corrected chi connectivity index (χ3v) is 6.73. The SMILES string of the molecule is C=CCCc1ccc(C#Cc2ccc3c(F)c(-c4ccc(CCCCCCC)cc4)ccc3c2)cc1. The van der Waals surface area contributed by atoms with Crippen LogP contribution in [0, 0.1) is 17.7 Å². The van der Waals surface area contributed by atoms with Gasteiger partial charge in [-0.2, -0.15) is 0 Å². The van der Waals surface area contributed by atoms with Crippen LogP contribution in [-0.4, -0.2) is 0 Å². The molecule has 4 aromatic carbocycles. The van der Waals surface area contributed by atoms with Gasteiger partial charge >= 0.3 is 0 Å². The first kappa shape index (κ1) is 25.5. The number of unbranched alkanes of at least 4 members (excludes halogenated alkanes) is 4. The number of halogens is 1. The highest BCUT2D eigenvalue weighted by atomic mass is 19.1. The van der Waals surface area contributed by atoms with Gasteiger partial charge in [-0.3, -0.25) is 0 Å². The molecule has 0 aliphatic heterocycles. The van der Waals surface area contributed by atoms with E-state index in [0.29, 0.717) is 10.9 Å². The van der Waals surface area contributed by atoms with E-state index in [9.17, 15) is 0 Å². The number of rotatable bonds is 10. The number of hydrogen-bond acceptors (Lipinski definition) is 0. The summed E-state index contributed by atoms with van der Waals surface area (Å²) >= 11 is 0. The van der Waals surface area contributed by atoms with Crippen molar-refractivity contribution in [3.05, 3.63) is 120 Å².